The summed E-state index contributed by atoms with van der Waals surface area (Å²) in [6, 6.07) is 5.67. The number of hydrogen-bond acceptors (Lipinski definition) is 5. The second kappa shape index (κ2) is 7.14. The SMILES string of the molecule is C[C@@H]1CN(C(=O)N2Cc3c(NC(=O)c4ccccn4)n[nH]c3C2(C)C)C[C@H](C)N1. The number of carbonyl (C=O) groups is 2. The van der Waals surface area contributed by atoms with E-state index in [1.165, 1.54) is 0 Å². The number of nitrogens with zero attached hydrogens (tertiary/aromatic N) is 4. The summed E-state index contributed by atoms with van der Waals surface area (Å²) in [7, 11) is 0. The number of hydrogen-bond donors (Lipinski definition) is 3. The first-order chi connectivity index (χ1) is 13.8. The number of rotatable bonds is 2. The van der Waals surface area contributed by atoms with Gasteiger partial charge in [-0.15, -0.1) is 0 Å². The molecule has 2 aromatic rings. The summed E-state index contributed by atoms with van der Waals surface area (Å²) >= 11 is 0. The monoisotopic (exact) mass is 397 g/mol. The summed E-state index contributed by atoms with van der Waals surface area (Å²) in [5.41, 5.74) is 1.45. The lowest BCUT2D eigenvalue weighted by molar-refractivity contribution is 0.0906. The molecule has 4 rings (SSSR count). The van der Waals surface area contributed by atoms with Crippen molar-refractivity contribution >= 4 is 17.8 Å². The van der Waals surface area contributed by atoms with Gasteiger partial charge in [0.15, 0.2) is 5.82 Å². The fraction of sp³-hybridized carbons (Fsp3) is 0.500. The lowest BCUT2D eigenvalue weighted by Gasteiger charge is -2.41. The van der Waals surface area contributed by atoms with Crippen LogP contribution in [0.4, 0.5) is 10.6 Å². The number of carbonyl (C=O) groups excluding carboxylic acids is 2. The van der Waals surface area contributed by atoms with Crippen LogP contribution in [0.3, 0.4) is 0 Å². The third-order valence-electron chi connectivity index (χ3n) is 5.66. The lowest BCUT2D eigenvalue weighted by Crippen LogP contribution is -2.59. The van der Waals surface area contributed by atoms with Crippen LogP contribution < -0.4 is 10.6 Å². The van der Waals surface area contributed by atoms with Crippen LogP contribution in [-0.2, 0) is 12.1 Å². The van der Waals surface area contributed by atoms with Gasteiger partial charge in [0, 0.05) is 36.9 Å². The van der Waals surface area contributed by atoms with E-state index in [0.29, 0.717) is 31.1 Å². The van der Waals surface area contributed by atoms with E-state index >= 15 is 0 Å². The second-order valence-electron chi connectivity index (χ2n) is 8.40. The van der Waals surface area contributed by atoms with Crippen LogP contribution in [0, 0.1) is 0 Å². The van der Waals surface area contributed by atoms with Gasteiger partial charge in [-0.25, -0.2) is 4.79 Å². The average Bonchev–Trinajstić information content (AvgIpc) is 3.19. The van der Waals surface area contributed by atoms with E-state index in [9.17, 15) is 9.59 Å². The molecule has 154 valence electrons. The van der Waals surface area contributed by atoms with Crippen molar-refractivity contribution in [3.05, 3.63) is 41.3 Å². The molecule has 2 aromatic heterocycles. The van der Waals surface area contributed by atoms with Crippen LogP contribution in [-0.4, -0.2) is 62.1 Å². The summed E-state index contributed by atoms with van der Waals surface area (Å²) in [6.07, 6.45) is 1.57. The molecule has 9 nitrogen and oxygen atoms in total. The standard InChI is InChI=1S/C20H27N7O2/c1-12-9-26(10-13(2)22-12)19(29)27-11-14-16(20(27,3)4)24-25-17(14)23-18(28)15-7-5-6-8-21-15/h5-8,12-13,22H,9-11H2,1-4H3,(H2,23,24,25,28)/t12-,13+. The van der Waals surface area contributed by atoms with E-state index in [0.717, 1.165) is 11.3 Å². The van der Waals surface area contributed by atoms with Gasteiger partial charge in [0.2, 0.25) is 0 Å². The topological polar surface area (TPSA) is 106 Å². The van der Waals surface area contributed by atoms with E-state index in [2.05, 4.69) is 39.7 Å². The summed E-state index contributed by atoms with van der Waals surface area (Å²) in [6.45, 7) is 9.90. The highest BCUT2D eigenvalue weighted by Crippen LogP contribution is 2.41. The van der Waals surface area contributed by atoms with Crippen molar-refractivity contribution in [1.29, 1.82) is 0 Å². The molecule has 1 fully saturated rings. The number of anilines is 1. The Labute approximate surface area is 169 Å². The number of fused-ring (bicyclic) bond motifs is 1. The highest BCUT2D eigenvalue weighted by molar-refractivity contribution is 6.02. The Bertz CT molecular complexity index is 914. The molecule has 0 bridgehead atoms. The Morgan fingerprint density at radius 3 is 2.59 bits per heavy atom. The predicted octanol–water partition coefficient (Wildman–Crippen LogP) is 1.91. The van der Waals surface area contributed by atoms with Gasteiger partial charge in [-0.3, -0.25) is 14.9 Å². The van der Waals surface area contributed by atoms with E-state index in [1.54, 1.807) is 24.4 Å². The number of pyridine rings is 1. The van der Waals surface area contributed by atoms with Gasteiger partial charge in [0.05, 0.1) is 17.8 Å². The molecule has 0 spiro atoms. The summed E-state index contributed by atoms with van der Waals surface area (Å²) < 4.78 is 0. The molecular formula is C20H27N7O2. The fourth-order valence-electron chi connectivity index (χ4n) is 4.25. The zero-order valence-corrected chi connectivity index (χ0v) is 17.2. The largest absolute Gasteiger partial charge is 0.322 e. The molecule has 0 radical (unpaired) electrons. The first-order valence-corrected chi connectivity index (χ1v) is 9.90. The summed E-state index contributed by atoms with van der Waals surface area (Å²) in [5, 5.41) is 13.6. The Kier molecular flexibility index (Phi) is 4.77. The highest BCUT2D eigenvalue weighted by atomic mass is 16.2. The molecule has 0 aliphatic carbocycles. The average molecular weight is 397 g/mol. The van der Waals surface area contributed by atoms with Crippen molar-refractivity contribution < 1.29 is 9.59 Å². The van der Waals surface area contributed by atoms with E-state index < -0.39 is 5.54 Å². The zero-order chi connectivity index (χ0) is 20.8. The molecule has 4 heterocycles. The van der Waals surface area contributed by atoms with Crippen LogP contribution in [0.15, 0.2) is 24.4 Å². The minimum atomic E-state index is -0.551. The van der Waals surface area contributed by atoms with Crippen molar-refractivity contribution in [2.24, 2.45) is 0 Å². The highest BCUT2D eigenvalue weighted by Gasteiger charge is 2.45. The van der Waals surface area contributed by atoms with Crippen LogP contribution in [0.1, 0.15) is 49.4 Å². The molecular weight excluding hydrogens is 370 g/mol. The molecule has 9 heteroatoms. The van der Waals surface area contributed by atoms with Crippen LogP contribution in [0.2, 0.25) is 0 Å². The smallest absolute Gasteiger partial charge is 0.321 e. The Balaban J connectivity index is 1.54. The molecule has 1 saturated heterocycles. The number of amides is 3. The number of urea groups is 1. The maximum atomic E-state index is 13.3. The molecule has 0 unspecified atom stereocenters. The third kappa shape index (κ3) is 3.46. The van der Waals surface area contributed by atoms with Gasteiger partial charge in [0.25, 0.3) is 5.91 Å². The quantitative estimate of drug-likeness (QED) is 0.718. The van der Waals surface area contributed by atoms with Crippen molar-refractivity contribution in [2.45, 2.75) is 51.9 Å². The molecule has 0 aromatic carbocycles. The van der Waals surface area contributed by atoms with Crippen molar-refractivity contribution in [3.8, 4) is 0 Å². The maximum Gasteiger partial charge on any atom is 0.321 e. The number of nitrogens with one attached hydrogen (secondary N) is 3. The second-order valence-corrected chi connectivity index (χ2v) is 8.40. The van der Waals surface area contributed by atoms with Gasteiger partial charge in [-0.05, 0) is 39.8 Å². The Morgan fingerprint density at radius 2 is 1.93 bits per heavy atom. The molecule has 2 aliphatic rings. The van der Waals surface area contributed by atoms with Crippen LogP contribution >= 0.6 is 0 Å². The third-order valence-corrected chi connectivity index (χ3v) is 5.66. The van der Waals surface area contributed by atoms with E-state index in [-0.39, 0.29) is 24.0 Å². The number of piperazine rings is 1. The van der Waals surface area contributed by atoms with E-state index in [4.69, 9.17) is 0 Å². The molecule has 0 saturated carbocycles. The van der Waals surface area contributed by atoms with Crippen LogP contribution in [0.5, 0.6) is 0 Å². The van der Waals surface area contributed by atoms with Gasteiger partial charge in [0.1, 0.15) is 5.69 Å². The Morgan fingerprint density at radius 1 is 1.21 bits per heavy atom. The molecule has 29 heavy (non-hydrogen) atoms. The minimum absolute atomic E-state index is 0.00167. The summed E-state index contributed by atoms with van der Waals surface area (Å²) in [5.74, 6) is 0.119. The fourth-order valence-corrected chi connectivity index (χ4v) is 4.25. The van der Waals surface area contributed by atoms with Gasteiger partial charge < -0.3 is 20.4 Å². The van der Waals surface area contributed by atoms with E-state index in [1.807, 2.05) is 23.6 Å². The zero-order valence-electron chi connectivity index (χ0n) is 17.2. The van der Waals surface area contributed by atoms with Crippen LogP contribution in [0.25, 0.3) is 0 Å². The first kappa shape index (κ1) is 19.4. The first-order valence-electron chi connectivity index (χ1n) is 9.90. The minimum Gasteiger partial charge on any atom is -0.322 e. The summed E-state index contributed by atoms with van der Waals surface area (Å²) in [4.78, 5) is 33.6. The van der Waals surface area contributed by atoms with Crippen molar-refractivity contribution in [3.63, 3.8) is 0 Å². The number of H-pyrrole nitrogens is 1. The molecule has 3 N–H and O–H groups in total. The Hall–Kier alpha value is -2.94. The normalized spacial score (nSPS) is 23.0. The number of aromatic amines is 1. The lowest BCUT2D eigenvalue weighted by atomic mass is 10.0. The van der Waals surface area contributed by atoms with Crippen molar-refractivity contribution in [2.75, 3.05) is 18.4 Å². The van der Waals surface area contributed by atoms with Gasteiger partial charge >= 0.3 is 6.03 Å². The van der Waals surface area contributed by atoms with Crippen molar-refractivity contribution in [1.82, 2.24) is 30.3 Å². The maximum absolute atomic E-state index is 13.3. The molecule has 3 amide bonds. The van der Waals surface area contributed by atoms with Gasteiger partial charge in [-0.1, -0.05) is 6.07 Å². The van der Waals surface area contributed by atoms with Gasteiger partial charge in [-0.2, -0.15) is 5.10 Å². The molecule has 2 aliphatic heterocycles. The predicted molar refractivity (Wildman–Crippen MR) is 108 cm³/mol. The molecule has 2 atom stereocenters. The number of aromatic nitrogens is 3.